The summed E-state index contributed by atoms with van der Waals surface area (Å²) in [7, 11) is 0. The summed E-state index contributed by atoms with van der Waals surface area (Å²) in [6.07, 6.45) is 0. The molecule has 0 aliphatic carbocycles. The third-order valence-corrected chi connectivity index (χ3v) is 3.67. The van der Waals surface area contributed by atoms with E-state index in [1.807, 2.05) is 19.9 Å². The van der Waals surface area contributed by atoms with Gasteiger partial charge in [0.25, 0.3) is 5.56 Å². The number of hydrogen-bond acceptors (Lipinski definition) is 5. The molecule has 0 spiro atoms. The molecule has 1 aromatic heterocycles. The number of nitrogens with zero attached hydrogens (tertiary/aromatic N) is 2. The van der Waals surface area contributed by atoms with Crippen molar-refractivity contribution in [3.8, 4) is 22.8 Å². The van der Waals surface area contributed by atoms with E-state index in [0.29, 0.717) is 17.2 Å². The standard InChI is InChI=1S/C17H19N3O4/c1-10(2)18-17(22)11(3)20-16(21)7-5-13(19-20)12-4-6-14-15(8-12)24-9-23-14/h4-8,10-11H,9H2,1-3H3,(H,18,22). The summed E-state index contributed by atoms with van der Waals surface area (Å²) in [5, 5.41) is 7.13. The first-order chi connectivity index (χ1) is 11.5. The van der Waals surface area contributed by atoms with Gasteiger partial charge in [0.05, 0.1) is 5.69 Å². The lowest BCUT2D eigenvalue weighted by molar-refractivity contribution is -0.124. The monoisotopic (exact) mass is 329 g/mol. The molecule has 1 N–H and O–H groups in total. The van der Waals surface area contributed by atoms with E-state index in [9.17, 15) is 9.59 Å². The van der Waals surface area contributed by atoms with Crippen molar-refractivity contribution in [2.75, 3.05) is 6.79 Å². The highest BCUT2D eigenvalue weighted by Crippen LogP contribution is 2.35. The molecule has 1 aliphatic heterocycles. The Labute approximate surface area is 139 Å². The number of hydrogen-bond donors (Lipinski definition) is 1. The summed E-state index contributed by atoms with van der Waals surface area (Å²) in [6, 6.07) is 7.77. The van der Waals surface area contributed by atoms with Crippen molar-refractivity contribution in [2.24, 2.45) is 0 Å². The third kappa shape index (κ3) is 3.10. The average Bonchev–Trinajstić information content (AvgIpc) is 3.01. The minimum Gasteiger partial charge on any atom is -0.454 e. The van der Waals surface area contributed by atoms with Crippen molar-refractivity contribution in [2.45, 2.75) is 32.9 Å². The molecule has 0 fully saturated rings. The summed E-state index contributed by atoms with van der Waals surface area (Å²) in [6.45, 7) is 5.57. The van der Waals surface area contributed by atoms with E-state index in [1.165, 1.54) is 10.7 Å². The Bertz CT molecular complexity index is 829. The van der Waals surface area contributed by atoms with E-state index in [-0.39, 0.29) is 24.3 Å². The summed E-state index contributed by atoms with van der Waals surface area (Å²) in [5.41, 5.74) is 1.03. The number of carbonyl (C=O) groups excluding carboxylic acids is 1. The molecule has 1 aromatic carbocycles. The number of ether oxygens (including phenoxy) is 2. The van der Waals surface area contributed by atoms with Crippen molar-refractivity contribution < 1.29 is 14.3 Å². The highest BCUT2D eigenvalue weighted by atomic mass is 16.7. The second-order valence-electron chi connectivity index (χ2n) is 5.91. The molecular formula is C17H19N3O4. The summed E-state index contributed by atoms with van der Waals surface area (Å²) < 4.78 is 11.8. The Morgan fingerprint density at radius 1 is 1.17 bits per heavy atom. The van der Waals surface area contributed by atoms with Crippen LogP contribution < -0.4 is 20.3 Å². The van der Waals surface area contributed by atoms with Gasteiger partial charge in [-0.3, -0.25) is 9.59 Å². The zero-order valence-electron chi connectivity index (χ0n) is 13.8. The highest BCUT2D eigenvalue weighted by molar-refractivity contribution is 5.80. The molecule has 1 unspecified atom stereocenters. The van der Waals surface area contributed by atoms with Crippen LogP contribution in [0.5, 0.6) is 11.5 Å². The molecule has 7 nitrogen and oxygen atoms in total. The van der Waals surface area contributed by atoms with Gasteiger partial charge in [-0.1, -0.05) is 0 Å². The third-order valence-electron chi connectivity index (χ3n) is 3.67. The molecule has 2 heterocycles. The van der Waals surface area contributed by atoms with Gasteiger partial charge in [-0.25, -0.2) is 4.68 Å². The first-order valence-electron chi connectivity index (χ1n) is 7.76. The fourth-order valence-electron chi connectivity index (χ4n) is 2.43. The molecule has 2 aromatic rings. The summed E-state index contributed by atoms with van der Waals surface area (Å²) >= 11 is 0. The number of benzene rings is 1. The van der Waals surface area contributed by atoms with E-state index in [0.717, 1.165) is 5.56 Å². The Hall–Kier alpha value is -2.83. The zero-order chi connectivity index (χ0) is 17.3. The van der Waals surface area contributed by atoms with Crippen molar-refractivity contribution in [1.82, 2.24) is 15.1 Å². The molecule has 0 bridgehead atoms. The Morgan fingerprint density at radius 2 is 1.92 bits per heavy atom. The lowest BCUT2D eigenvalue weighted by Gasteiger charge is -2.16. The van der Waals surface area contributed by atoms with Crippen molar-refractivity contribution in [1.29, 1.82) is 0 Å². The van der Waals surface area contributed by atoms with Gasteiger partial charge in [-0.2, -0.15) is 5.10 Å². The smallest absolute Gasteiger partial charge is 0.267 e. The van der Waals surface area contributed by atoms with E-state index in [4.69, 9.17) is 9.47 Å². The Kier molecular flexibility index (Phi) is 4.24. The van der Waals surface area contributed by atoms with Gasteiger partial charge in [-0.15, -0.1) is 0 Å². The Balaban J connectivity index is 1.94. The van der Waals surface area contributed by atoms with Crippen LogP contribution in [-0.4, -0.2) is 28.5 Å². The van der Waals surface area contributed by atoms with Gasteiger partial charge in [-0.05, 0) is 45.0 Å². The minimum atomic E-state index is -0.700. The van der Waals surface area contributed by atoms with E-state index < -0.39 is 6.04 Å². The number of nitrogens with one attached hydrogen (secondary N) is 1. The zero-order valence-corrected chi connectivity index (χ0v) is 13.8. The lowest BCUT2D eigenvalue weighted by atomic mass is 10.1. The predicted molar refractivity (Wildman–Crippen MR) is 88.0 cm³/mol. The second-order valence-corrected chi connectivity index (χ2v) is 5.91. The van der Waals surface area contributed by atoms with Crippen LogP contribution in [0.15, 0.2) is 35.1 Å². The van der Waals surface area contributed by atoms with Crippen LogP contribution in [0.2, 0.25) is 0 Å². The fourth-order valence-corrected chi connectivity index (χ4v) is 2.43. The second kappa shape index (κ2) is 6.35. The number of carbonyl (C=O) groups is 1. The van der Waals surface area contributed by atoms with Crippen LogP contribution in [-0.2, 0) is 4.79 Å². The van der Waals surface area contributed by atoms with Gasteiger partial charge in [0.15, 0.2) is 11.5 Å². The molecule has 126 valence electrons. The van der Waals surface area contributed by atoms with Gasteiger partial charge in [0.1, 0.15) is 6.04 Å². The van der Waals surface area contributed by atoms with E-state index in [1.54, 1.807) is 25.1 Å². The SMILES string of the molecule is CC(C)NC(=O)C(C)n1nc(-c2ccc3c(c2)OCO3)ccc1=O. The van der Waals surface area contributed by atoms with Crippen LogP contribution in [0, 0.1) is 0 Å². The van der Waals surface area contributed by atoms with Crippen LogP contribution in [0.3, 0.4) is 0 Å². The molecular weight excluding hydrogens is 310 g/mol. The lowest BCUT2D eigenvalue weighted by Crippen LogP contribution is -2.39. The maximum Gasteiger partial charge on any atom is 0.267 e. The molecule has 1 aliphatic rings. The first-order valence-corrected chi connectivity index (χ1v) is 7.76. The average molecular weight is 329 g/mol. The molecule has 7 heteroatoms. The summed E-state index contributed by atoms with van der Waals surface area (Å²) in [5.74, 6) is 1.07. The topological polar surface area (TPSA) is 82.5 Å². The maximum absolute atomic E-state index is 12.2. The van der Waals surface area contributed by atoms with Crippen molar-refractivity contribution in [3.63, 3.8) is 0 Å². The van der Waals surface area contributed by atoms with Crippen LogP contribution >= 0.6 is 0 Å². The largest absolute Gasteiger partial charge is 0.454 e. The molecule has 0 saturated heterocycles. The van der Waals surface area contributed by atoms with E-state index >= 15 is 0 Å². The molecule has 1 amide bonds. The Morgan fingerprint density at radius 3 is 2.67 bits per heavy atom. The molecule has 0 saturated carbocycles. The minimum absolute atomic E-state index is 0.00676. The van der Waals surface area contributed by atoms with Gasteiger partial charge >= 0.3 is 0 Å². The fraction of sp³-hybridized carbons (Fsp3) is 0.353. The molecule has 1 atom stereocenters. The number of rotatable bonds is 4. The first kappa shape index (κ1) is 16.0. The maximum atomic E-state index is 12.2. The van der Waals surface area contributed by atoms with Crippen molar-refractivity contribution >= 4 is 5.91 Å². The van der Waals surface area contributed by atoms with Crippen molar-refractivity contribution in [3.05, 3.63) is 40.7 Å². The van der Waals surface area contributed by atoms with E-state index in [2.05, 4.69) is 10.4 Å². The van der Waals surface area contributed by atoms with Crippen LogP contribution in [0.4, 0.5) is 0 Å². The van der Waals surface area contributed by atoms with Crippen LogP contribution in [0.25, 0.3) is 11.3 Å². The van der Waals surface area contributed by atoms with Gasteiger partial charge in [0, 0.05) is 17.7 Å². The normalized spacial score (nSPS) is 13.8. The summed E-state index contributed by atoms with van der Waals surface area (Å²) in [4.78, 5) is 24.3. The predicted octanol–water partition coefficient (Wildman–Crippen LogP) is 1.72. The van der Waals surface area contributed by atoms with Gasteiger partial charge in [0.2, 0.25) is 12.7 Å². The molecule has 24 heavy (non-hydrogen) atoms. The number of fused-ring (bicyclic) bond motifs is 1. The number of amides is 1. The molecule has 3 rings (SSSR count). The molecule has 0 radical (unpaired) electrons. The van der Waals surface area contributed by atoms with Crippen LogP contribution in [0.1, 0.15) is 26.8 Å². The van der Waals surface area contributed by atoms with Gasteiger partial charge < -0.3 is 14.8 Å². The quantitative estimate of drug-likeness (QED) is 0.923. The highest BCUT2D eigenvalue weighted by Gasteiger charge is 2.19. The number of aromatic nitrogens is 2.